The molecule has 0 amide bonds. The van der Waals surface area contributed by atoms with Crippen molar-refractivity contribution in [2.75, 3.05) is 46.3 Å². The number of piperidine rings is 1. The molecular formula is C13H24F3N3O2. The highest BCUT2D eigenvalue weighted by atomic mass is 19.4. The third-order valence-corrected chi connectivity index (χ3v) is 3.82. The van der Waals surface area contributed by atoms with Crippen LogP contribution in [0.15, 0.2) is 0 Å². The molecule has 2 fully saturated rings. The van der Waals surface area contributed by atoms with Crippen molar-refractivity contribution in [3.05, 3.63) is 0 Å². The summed E-state index contributed by atoms with van der Waals surface area (Å²) in [5, 5.41) is 10.6. The zero-order valence-corrected chi connectivity index (χ0v) is 12.3. The largest absolute Gasteiger partial charge is 0.490 e. The van der Waals surface area contributed by atoms with Gasteiger partial charge in [0.15, 0.2) is 0 Å². The van der Waals surface area contributed by atoms with Crippen LogP contribution in [0.3, 0.4) is 0 Å². The van der Waals surface area contributed by atoms with Crippen molar-refractivity contribution in [2.45, 2.75) is 31.5 Å². The molecule has 8 heteroatoms. The number of carbonyl (C=O) groups is 1. The number of hydrogen-bond acceptors (Lipinski definition) is 4. The molecule has 0 saturated carbocycles. The summed E-state index contributed by atoms with van der Waals surface area (Å²) in [4.78, 5) is 14.0. The first kappa shape index (κ1) is 18.2. The number of alkyl halides is 3. The van der Waals surface area contributed by atoms with Crippen molar-refractivity contribution in [1.82, 2.24) is 15.1 Å². The molecule has 2 aliphatic heterocycles. The minimum Gasteiger partial charge on any atom is -0.475 e. The molecule has 2 N–H and O–H groups in total. The molecule has 21 heavy (non-hydrogen) atoms. The first-order chi connectivity index (χ1) is 9.80. The lowest BCUT2D eigenvalue weighted by Crippen LogP contribution is -2.44. The average molecular weight is 311 g/mol. The van der Waals surface area contributed by atoms with E-state index in [1.807, 2.05) is 0 Å². The number of halogens is 3. The number of hydrogen-bond donors (Lipinski definition) is 2. The molecule has 124 valence electrons. The van der Waals surface area contributed by atoms with Gasteiger partial charge in [0.25, 0.3) is 0 Å². The zero-order valence-electron chi connectivity index (χ0n) is 12.3. The summed E-state index contributed by atoms with van der Waals surface area (Å²) in [6.45, 7) is 7.54. The first-order valence-corrected chi connectivity index (χ1v) is 7.24. The van der Waals surface area contributed by atoms with E-state index in [0.717, 1.165) is 6.04 Å². The molecule has 0 aromatic rings. The van der Waals surface area contributed by atoms with Crippen molar-refractivity contribution in [2.24, 2.45) is 0 Å². The second kappa shape index (κ2) is 8.55. The van der Waals surface area contributed by atoms with Crippen molar-refractivity contribution in [1.29, 1.82) is 0 Å². The van der Waals surface area contributed by atoms with Gasteiger partial charge in [0.2, 0.25) is 0 Å². The van der Waals surface area contributed by atoms with Crippen LogP contribution in [0.1, 0.15) is 19.3 Å². The Bertz CT molecular complexity index is 310. The Morgan fingerprint density at radius 2 is 1.71 bits per heavy atom. The van der Waals surface area contributed by atoms with Crippen molar-refractivity contribution in [3.8, 4) is 0 Å². The topological polar surface area (TPSA) is 55.8 Å². The number of nitrogens with one attached hydrogen (secondary N) is 1. The van der Waals surface area contributed by atoms with E-state index >= 15 is 0 Å². The molecular weight excluding hydrogens is 287 g/mol. The molecule has 5 nitrogen and oxygen atoms in total. The number of rotatable bonds is 1. The zero-order chi connectivity index (χ0) is 15.9. The summed E-state index contributed by atoms with van der Waals surface area (Å²) in [7, 11) is 2.24. The molecule has 0 radical (unpaired) electrons. The molecule has 0 unspecified atom stereocenters. The van der Waals surface area contributed by atoms with Crippen LogP contribution in [0.2, 0.25) is 0 Å². The Balaban J connectivity index is 0.000000270. The lowest BCUT2D eigenvalue weighted by molar-refractivity contribution is -0.192. The fourth-order valence-corrected chi connectivity index (χ4v) is 2.59. The third kappa shape index (κ3) is 7.10. The van der Waals surface area contributed by atoms with Crippen LogP contribution < -0.4 is 5.32 Å². The molecule has 0 aromatic carbocycles. The minimum atomic E-state index is -5.08. The smallest absolute Gasteiger partial charge is 0.475 e. The van der Waals surface area contributed by atoms with E-state index in [9.17, 15) is 13.2 Å². The molecule has 2 heterocycles. The van der Waals surface area contributed by atoms with Crippen LogP contribution >= 0.6 is 0 Å². The molecule has 0 atom stereocenters. The van der Waals surface area contributed by atoms with E-state index in [1.165, 1.54) is 58.5 Å². The summed E-state index contributed by atoms with van der Waals surface area (Å²) >= 11 is 0. The number of aliphatic carboxylic acids is 1. The maximum atomic E-state index is 10.6. The lowest BCUT2D eigenvalue weighted by atomic mass is 10.0. The molecule has 0 aromatic heterocycles. The second-order valence-corrected chi connectivity index (χ2v) is 5.48. The van der Waals surface area contributed by atoms with Crippen LogP contribution in [0.25, 0.3) is 0 Å². The van der Waals surface area contributed by atoms with Gasteiger partial charge in [-0.3, -0.25) is 4.90 Å². The molecule has 0 spiro atoms. The Labute approximate surface area is 123 Å². The van der Waals surface area contributed by atoms with Gasteiger partial charge >= 0.3 is 12.1 Å². The van der Waals surface area contributed by atoms with Gasteiger partial charge in [-0.25, -0.2) is 4.79 Å². The van der Waals surface area contributed by atoms with Gasteiger partial charge in [-0.05, 0) is 52.5 Å². The molecule has 0 bridgehead atoms. The van der Waals surface area contributed by atoms with Gasteiger partial charge in [0, 0.05) is 19.1 Å². The summed E-state index contributed by atoms with van der Waals surface area (Å²) in [5.74, 6) is -2.76. The van der Waals surface area contributed by atoms with Crippen molar-refractivity contribution >= 4 is 5.97 Å². The van der Waals surface area contributed by atoms with E-state index in [2.05, 4.69) is 22.2 Å². The molecule has 2 saturated heterocycles. The van der Waals surface area contributed by atoms with Crippen LogP contribution in [-0.4, -0.2) is 79.4 Å². The summed E-state index contributed by atoms with van der Waals surface area (Å²) in [6.07, 6.45) is -1.01. The highest BCUT2D eigenvalue weighted by Gasteiger charge is 2.38. The Kier molecular flexibility index (Phi) is 7.41. The summed E-state index contributed by atoms with van der Waals surface area (Å²) in [6, 6.07) is 0.867. The SMILES string of the molecule is CN1CCC(N2CCCNCC2)CC1.O=C(O)C(F)(F)F. The van der Waals surface area contributed by atoms with Crippen LogP contribution in [0, 0.1) is 0 Å². The minimum absolute atomic E-state index is 0.867. The normalized spacial score (nSPS) is 23.0. The monoisotopic (exact) mass is 311 g/mol. The maximum Gasteiger partial charge on any atom is 0.490 e. The van der Waals surface area contributed by atoms with Crippen LogP contribution in [-0.2, 0) is 4.79 Å². The number of carboxylic acids is 1. The fraction of sp³-hybridized carbons (Fsp3) is 0.923. The number of nitrogens with zero attached hydrogens (tertiary/aromatic N) is 2. The van der Waals surface area contributed by atoms with E-state index < -0.39 is 12.1 Å². The van der Waals surface area contributed by atoms with Gasteiger partial charge in [0.05, 0.1) is 0 Å². The lowest BCUT2D eigenvalue weighted by Gasteiger charge is -2.36. The first-order valence-electron chi connectivity index (χ1n) is 7.24. The number of likely N-dealkylation sites (tertiary alicyclic amines) is 1. The van der Waals surface area contributed by atoms with Crippen LogP contribution in [0.4, 0.5) is 13.2 Å². The predicted octanol–water partition coefficient (Wildman–Crippen LogP) is 1.01. The third-order valence-electron chi connectivity index (χ3n) is 3.82. The predicted molar refractivity (Wildman–Crippen MR) is 73.3 cm³/mol. The van der Waals surface area contributed by atoms with Gasteiger partial charge in [-0.1, -0.05) is 0 Å². The Hall–Kier alpha value is -0.860. The molecule has 0 aliphatic carbocycles. The van der Waals surface area contributed by atoms with E-state index in [1.54, 1.807) is 0 Å². The van der Waals surface area contributed by atoms with Crippen molar-refractivity contribution in [3.63, 3.8) is 0 Å². The highest BCUT2D eigenvalue weighted by molar-refractivity contribution is 5.73. The van der Waals surface area contributed by atoms with Gasteiger partial charge < -0.3 is 15.3 Å². The Morgan fingerprint density at radius 1 is 1.14 bits per heavy atom. The number of carboxylic acid groups (broad SMARTS) is 1. The molecule has 2 aliphatic rings. The van der Waals surface area contributed by atoms with E-state index in [-0.39, 0.29) is 0 Å². The van der Waals surface area contributed by atoms with E-state index in [4.69, 9.17) is 9.90 Å². The Morgan fingerprint density at radius 3 is 2.24 bits per heavy atom. The maximum absolute atomic E-state index is 10.6. The van der Waals surface area contributed by atoms with Crippen LogP contribution in [0.5, 0.6) is 0 Å². The standard InChI is InChI=1S/C11H23N3.C2HF3O2/c1-13-8-3-11(4-9-13)14-7-2-5-12-6-10-14;3-2(4,5)1(6)7/h11-12H,2-10H2,1H3;(H,6,7). The fourth-order valence-electron chi connectivity index (χ4n) is 2.59. The van der Waals surface area contributed by atoms with Crippen molar-refractivity contribution < 1.29 is 23.1 Å². The average Bonchev–Trinajstić information content (AvgIpc) is 2.68. The van der Waals surface area contributed by atoms with Gasteiger partial charge in [0.1, 0.15) is 0 Å². The highest BCUT2D eigenvalue weighted by Crippen LogP contribution is 2.16. The summed E-state index contributed by atoms with van der Waals surface area (Å²) in [5.41, 5.74) is 0. The van der Waals surface area contributed by atoms with Gasteiger partial charge in [-0.15, -0.1) is 0 Å². The summed E-state index contributed by atoms with van der Waals surface area (Å²) < 4.78 is 31.7. The van der Waals surface area contributed by atoms with E-state index in [0.29, 0.717) is 0 Å². The van der Waals surface area contributed by atoms with Gasteiger partial charge in [-0.2, -0.15) is 13.2 Å². The quantitative estimate of drug-likeness (QED) is 0.757. The molecule has 2 rings (SSSR count). The second-order valence-electron chi connectivity index (χ2n) is 5.48.